The van der Waals surface area contributed by atoms with E-state index < -0.39 is 46.0 Å². The number of hydrogen-bond donors (Lipinski definition) is 1. The maximum absolute atomic E-state index is 12.7. The number of carboxylic acid groups (broad SMARTS) is 1. The largest absolute Gasteiger partial charge is 0.477 e. The first-order valence-corrected chi connectivity index (χ1v) is 6.30. The van der Waals surface area contributed by atoms with Crippen LogP contribution in [0.4, 0.5) is 31.5 Å². The Hall–Kier alpha value is -1.85. The molecule has 0 spiro atoms. The molecule has 1 amide bonds. The number of aromatic carboxylic acids is 1. The van der Waals surface area contributed by atoms with Gasteiger partial charge in [0.15, 0.2) is 10.8 Å². The molecule has 0 radical (unpaired) electrons. The van der Waals surface area contributed by atoms with Crippen LogP contribution in [0.5, 0.6) is 0 Å². The number of carbonyl (C=O) groups is 2. The third-order valence-corrected chi connectivity index (χ3v) is 3.31. The summed E-state index contributed by atoms with van der Waals surface area (Å²) in [4.78, 5) is 23.6. The monoisotopic (exact) mass is 350 g/mol. The van der Waals surface area contributed by atoms with E-state index in [1.807, 2.05) is 0 Å². The van der Waals surface area contributed by atoms with Gasteiger partial charge in [-0.05, 0) is 13.8 Å². The summed E-state index contributed by atoms with van der Waals surface area (Å²) in [7, 11) is 0. The second-order valence-electron chi connectivity index (χ2n) is 4.24. The van der Waals surface area contributed by atoms with Gasteiger partial charge >= 0.3 is 24.2 Å². The Kier molecular flexibility index (Phi) is 4.75. The molecule has 1 aromatic heterocycles. The van der Waals surface area contributed by atoms with Crippen LogP contribution in [0.25, 0.3) is 0 Å². The molecule has 0 saturated carbocycles. The first-order chi connectivity index (χ1) is 9.76. The van der Waals surface area contributed by atoms with Crippen LogP contribution in [-0.4, -0.2) is 34.2 Å². The summed E-state index contributed by atoms with van der Waals surface area (Å²) in [5, 5.41) is 7.72. The minimum Gasteiger partial charge on any atom is -0.477 e. The van der Waals surface area contributed by atoms with E-state index in [0.29, 0.717) is 0 Å². The lowest BCUT2D eigenvalue weighted by molar-refractivity contribution is -0.170. The van der Waals surface area contributed by atoms with Gasteiger partial charge in [-0.2, -0.15) is 26.3 Å². The van der Waals surface area contributed by atoms with Gasteiger partial charge in [0.05, 0.1) is 0 Å². The number of halogens is 6. The molecule has 1 N–H and O–H groups in total. The fourth-order valence-corrected chi connectivity index (χ4v) is 2.48. The highest BCUT2D eigenvalue weighted by molar-refractivity contribution is 7.17. The van der Waals surface area contributed by atoms with E-state index in [2.05, 4.69) is 4.98 Å². The van der Waals surface area contributed by atoms with Crippen molar-refractivity contribution in [3.05, 3.63) is 10.6 Å². The Balaban J connectivity index is 3.46. The van der Waals surface area contributed by atoms with Gasteiger partial charge in [0, 0.05) is 6.04 Å². The molecule has 0 atom stereocenters. The third kappa shape index (κ3) is 3.67. The Morgan fingerprint density at radius 2 is 1.68 bits per heavy atom. The Labute approximate surface area is 123 Å². The van der Waals surface area contributed by atoms with E-state index in [1.54, 1.807) is 0 Å². The van der Waals surface area contributed by atoms with Crippen LogP contribution in [0.15, 0.2) is 0 Å². The molecule has 12 heteroatoms. The zero-order chi connectivity index (χ0) is 17.5. The maximum Gasteiger partial charge on any atom is 0.471 e. The standard InChI is InChI=1S/C10H8F6N2O3S/c1-3(2)18(7(21)10(14,15)16)8-17-5(9(11,12)13)4(22-8)6(19)20/h3H,1-2H3,(H,19,20). The van der Waals surface area contributed by atoms with E-state index in [-0.39, 0.29) is 16.2 Å². The van der Waals surface area contributed by atoms with Gasteiger partial charge in [-0.3, -0.25) is 9.69 Å². The number of hydrogen-bond acceptors (Lipinski definition) is 4. The number of carboxylic acids is 1. The Morgan fingerprint density at radius 1 is 1.18 bits per heavy atom. The van der Waals surface area contributed by atoms with Gasteiger partial charge < -0.3 is 5.11 Å². The van der Waals surface area contributed by atoms with Crippen molar-refractivity contribution in [2.45, 2.75) is 32.2 Å². The second-order valence-corrected chi connectivity index (χ2v) is 5.22. The van der Waals surface area contributed by atoms with Crippen molar-refractivity contribution >= 4 is 28.3 Å². The number of thiazole rings is 1. The van der Waals surface area contributed by atoms with Gasteiger partial charge in [0.25, 0.3) is 0 Å². The molecule has 124 valence electrons. The van der Waals surface area contributed by atoms with Crippen LogP contribution >= 0.6 is 11.3 Å². The van der Waals surface area contributed by atoms with Crippen LogP contribution in [0.1, 0.15) is 29.2 Å². The summed E-state index contributed by atoms with van der Waals surface area (Å²) >= 11 is -0.150. The fraction of sp³-hybridized carbons (Fsp3) is 0.500. The molecule has 0 saturated heterocycles. The highest BCUT2D eigenvalue weighted by Crippen LogP contribution is 2.38. The number of rotatable bonds is 3. The molecular formula is C10H8F6N2O3S. The molecule has 22 heavy (non-hydrogen) atoms. The Morgan fingerprint density at radius 3 is 1.95 bits per heavy atom. The quantitative estimate of drug-likeness (QED) is 0.850. The summed E-state index contributed by atoms with van der Waals surface area (Å²) in [6.45, 7) is 2.25. The minimum absolute atomic E-state index is 0.0215. The van der Waals surface area contributed by atoms with Gasteiger partial charge in [0.2, 0.25) is 0 Å². The topological polar surface area (TPSA) is 70.5 Å². The van der Waals surface area contributed by atoms with Crippen LogP contribution in [0, 0.1) is 0 Å². The predicted octanol–water partition coefficient (Wildman–Crippen LogP) is 3.16. The fourth-order valence-electron chi connectivity index (χ4n) is 1.43. The van der Waals surface area contributed by atoms with Gasteiger partial charge in [-0.25, -0.2) is 9.78 Å². The van der Waals surface area contributed by atoms with Crippen LogP contribution in [-0.2, 0) is 11.0 Å². The molecule has 0 aliphatic carbocycles. The first-order valence-electron chi connectivity index (χ1n) is 5.48. The number of nitrogens with zero attached hydrogens (tertiary/aromatic N) is 2. The minimum atomic E-state index is -5.34. The van der Waals surface area contributed by atoms with Gasteiger partial charge in [0.1, 0.15) is 4.88 Å². The highest BCUT2D eigenvalue weighted by Gasteiger charge is 2.47. The summed E-state index contributed by atoms with van der Waals surface area (Å²) < 4.78 is 75.5. The molecule has 0 aliphatic heterocycles. The average molecular weight is 350 g/mol. The number of aromatic nitrogens is 1. The molecule has 0 fully saturated rings. The van der Waals surface area contributed by atoms with E-state index in [4.69, 9.17) is 5.11 Å². The lowest BCUT2D eigenvalue weighted by Gasteiger charge is -2.24. The molecular weight excluding hydrogens is 342 g/mol. The van der Waals surface area contributed by atoms with Crippen molar-refractivity contribution in [3.63, 3.8) is 0 Å². The summed E-state index contributed by atoms with van der Waals surface area (Å²) in [5.41, 5.74) is -1.85. The van der Waals surface area contributed by atoms with E-state index in [9.17, 15) is 35.9 Å². The second kappa shape index (κ2) is 5.74. The average Bonchev–Trinajstić information content (AvgIpc) is 2.71. The molecule has 0 unspecified atom stereocenters. The third-order valence-electron chi connectivity index (χ3n) is 2.26. The van der Waals surface area contributed by atoms with Crippen LogP contribution in [0.2, 0.25) is 0 Å². The normalized spacial score (nSPS) is 12.6. The maximum atomic E-state index is 12.7. The highest BCUT2D eigenvalue weighted by atomic mass is 32.1. The number of carbonyl (C=O) groups excluding carboxylic acids is 1. The van der Waals surface area contributed by atoms with Crippen LogP contribution < -0.4 is 4.90 Å². The molecule has 0 aromatic carbocycles. The molecule has 5 nitrogen and oxygen atoms in total. The molecule has 0 bridgehead atoms. The molecule has 0 aliphatic rings. The van der Waals surface area contributed by atoms with Crippen molar-refractivity contribution in [2.24, 2.45) is 0 Å². The summed E-state index contributed by atoms with van der Waals surface area (Å²) in [6, 6.07) is -1.18. The molecule has 1 heterocycles. The Bertz CT molecular complexity index is 592. The van der Waals surface area contributed by atoms with Crippen LogP contribution in [0.3, 0.4) is 0 Å². The molecule has 1 rings (SSSR count). The van der Waals surface area contributed by atoms with E-state index in [0.717, 1.165) is 13.8 Å². The van der Waals surface area contributed by atoms with Crippen molar-refractivity contribution in [2.75, 3.05) is 4.90 Å². The summed E-state index contributed by atoms with van der Waals surface area (Å²) in [6.07, 6.45) is -10.5. The van der Waals surface area contributed by atoms with Crippen molar-refractivity contribution in [3.8, 4) is 0 Å². The predicted molar refractivity (Wildman–Crippen MR) is 62.8 cm³/mol. The SMILES string of the molecule is CC(C)N(C(=O)C(F)(F)F)c1nc(C(F)(F)F)c(C(=O)O)s1. The number of amides is 1. The summed E-state index contributed by atoms with van der Waals surface area (Å²) in [5.74, 6) is -4.43. The zero-order valence-electron chi connectivity index (χ0n) is 10.9. The smallest absolute Gasteiger partial charge is 0.471 e. The van der Waals surface area contributed by atoms with Gasteiger partial charge in [-0.1, -0.05) is 11.3 Å². The van der Waals surface area contributed by atoms with Crippen molar-refractivity contribution in [1.29, 1.82) is 0 Å². The van der Waals surface area contributed by atoms with Gasteiger partial charge in [-0.15, -0.1) is 0 Å². The molecule has 1 aromatic rings. The van der Waals surface area contributed by atoms with Crippen molar-refractivity contribution < 1.29 is 41.0 Å². The number of alkyl halides is 6. The van der Waals surface area contributed by atoms with Crippen molar-refractivity contribution in [1.82, 2.24) is 4.98 Å². The zero-order valence-corrected chi connectivity index (χ0v) is 11.7. The number of anilines is 1. The lowest BCUT2D eigenvalue weighted by atomic mass is 10.3. The first kappa shape index (κ1) is 18.2. The van der Waals surface area contributed by atoms with E-state index >= 15 is 0 Å². The lowest BCUT2D eigenvalue weighted by Crippen LogP contribution is -2.45. The van der Waals surface area contributed by atoms with E-state index in [1.165, 1.54) is 0 Å².